The van der Waals surface area contributed by atoms with E-state index in [-0.39, 0.29) is 11.0 Å². The van der Waals surface area contributed by atoms with Crippen molar-refractivity contribution in [2.45, 2.75) is 13.8 Å². The van der Waals surface area contributed by atoms with Gasteiger partial charge in [0, 0.05) is 24.3 Å². The van der Waals surface area contributed by atoms with E-state index >= 15 is 0 Å². The van der Waals surface area contributed by atoms with Crippen LogP contribution >= 0.6 is 12.2 Å². The summed E-state index contributed by atoms with van der Waals surface area (Å²) in [7, 11) is 0. The second-order valence-electron chi connectivity index (χ2n) is 5.90. The molecule has 0 radical (unpaired) electrons. The number of carbonyl (C=O) groups is 3. The van der Waals surface area contributed by atoms with Gasteiger partial charge in [0.1, 0.15) is 0 Å². The topological polar surface area (TPSA) is 99.3 Å². The zero-order valence-corrected chi connectivity index (χ0v) is 16.2. The summed E-state index contributed by atoms with van der Waals surface area (Å²) in [6.45, 7) is 3.38. The normalized spacial score (nSPS) is 10.2. The predicted octanol–water partition coefficient (Wildman–Crippen LogP) is 2.30. The first kappa shape index (κ1) is 20.8. The van der Waals surface area contributed by atoms with Crippen LogP contribution in [-0.2, 0) is 9.59 Å². The van der Waals surface area contributed by atoms with Crippen molar-refractivity contribution < 1.29 is 14.4 Å². The van der Waals surface area contributed by atoms with Crippen molar-refractivity contribution in [2.75, 3.05) is 5.32 Å². The third-order valence-corrected chi connectivity index (χ3v) is 3.70. The Kier molecular flexibility index (Phi) is 7.41. The van der Waals surface area contributed by atoms with Crippen LogP contribution in [0.1, 0.15) is 28.4 Å². The van der Waals surface area contributed by atoms with Gasteiger partial charge in [-0.2, -0.15) is 0 Å². The van der Waals surface area contributed by atoms with Gasteiger partial charge in [-0.25, -0.2) is 0 Å². The molecule has 2 aromatic carbocycles. The maximum atomic E-state index is 12.1. The molecule has 0 heterocycles. The summed E-state index contributed by atoms with van der Waals surface area (Å²) in [4.78, 5) is 34.9. The number of aryl methyl sites for hydroxylation is 1. The maximum Gasteiger partial charge on any atom is 0.269 e. The third kappa shape index (κ3) is 7.00. The number of hydrogen-bond donors (Lipinski definition) is 4. The standard InChI is InChI=1S/C20H20N4O3S/c1-13-3-5-15(6-4-13)7-12-18(26)22-20(28)24-23-19(27)16-8-10-17(11-9-16)21-14(2)25/h3-12H,1-2H3,(H,21,25)(H,23,27)(H2,22,24,26,28)/b12-7+. The summed E-state index contributed by atoms with van der Waals surface area (Å²) in [5.41, 5.74) is 7.81. The van der Waals surface area contributed by atoms with Crippen LogP contribution in [0.5, 0.6) is 0 Å². The lowest BCUT2D eigenvalue weighted by Gasteiger charge is -2.10. The molecule has 0 aliphatic carbocycles. The summed E-state index contributed by atoms with van der Waals surface area (Å²) in [5.74, 6) is -1.07. The zero-order chi connectivity index (χ0) is 20.5. The number of thiocarbonyl (C=S) groups is 1. The van der Waals surface area contributed by atoms with Crippen molar-refractivity contribution in [3.8, 4) is 0 Å². The Labute approximate surface area is 168 Å². The molecule has 28 heavy (non-hydrogen) atoms. The number of nitrogens with one attached hydrogen (secondary N) is 4. The number of rotatable bonds is 4. The Balaban J connectivity index is 1.79. The van der Waals surface area contributed by atoms with Crippen molar-refractivity contribution in [1.82, 2.24) is 16.2 Å². The SMILES string of the molecule is CC(=O)Nc1ccc(C(=O)NNC(=S)NC(=O)/C=C/c2ccc(C)cc2)cc1. The molecule has 0 bridgehead atoms. The highest BCUT2D eigenvalue weighted by Gasteiger charge is 2.07. The monoisotopic (exact) mass is 396 g/mol. The minimum absolute atomic E-state index is 0.0400. The fourth-order valence-electron chi connectivity index (χ4n) is 2.13. The molecule has 0 saturated carbocycles. The van der Waals surface area contributed by atoms with Crippen molar-refractivity contribution in [1.29, 1.82) is 0 Å². The first-order valence-corrected chi connectivity index (χ1v) is 8.78. The number of hydrazine groups is 1. The van der Waals surface area contributed by atoms with E-state index in [1.54, 1.807) is 30.3 Å². The van der Waals surface area contributed by atoms with Gasteiger partial charge in [-0.05, 0) is 55.0 Å². The lowest BCUT2D eigenvalue weighted by molar-refractivity contribution is -0.115. The van der Waals surface area contributed by atoms with Gasteiger partial charge in [-0.3, -0.25) is 30.6 Å². The van der Waals surface area contributed by atoms with Crippen molar-refractivity contribution >= 4 is 46.8 Å². The molecule has 0 unspecified atom stereocenters. The molecule has 144 valence electrons. The summed E-state index contributed by atoms with van der Waals surface area (Å²) >= 11 is 4.98. The first-order valence-electron chi connectivity index (χ1n) is 8.37. The van der Waals surface area contributed by atoms with E-state index in [1.165, 1.54) is 13.0 Å². The second-order valence-corrected chi connectivity index (χ2v) is 6.31. The molecule has 2 rings (SSSR count). The first-order chi connectivity index (χ1) is 13.3. The smallest absolute Gasteiger partial charge is 0.269 e. The Morgan fingerprint density at radius 1 is 0.929 bits per heavy atom. The molecule has 4 N–H and O–H groups in total. The fourth-order valence-corrected chi connectivity index (χ4v) is 2.28. The molecule has 7 nitrogen and oxygen atoms in total. The Morgan fingerprint density at radius 3 is 2.18 bits per heavy atom. The molecule has 0 fully saturated rings. The number of hydrogen-bond acceptors (Lipinski definition) is 4. The Bertz CT molecular complexity index is 906. The predicted molar refractivity (Wildman–Crippen MR) is 112 cm³/mol. The molecule has 0 atom stereocenters. The van der Waals surface area contributed by atoms with Crippen molar-refractivity contribution in [3.05, 3.63) is 71.3 Å². The lowest BCUT2D eigenvalue weighted by atomic mass is 10.1. The van der Waals surface area contributed by atoms with Gasteiger partial charge in [-0.1, -0.05) is 29.8 Å². The van der Waals surface area contributed by atoms with E-state index in [2.05, 4.69) is 21.5 Å². The van der Waals surface area contributed by atoms with Crippen LogP contribution in [0.3, 0.4) is 0 Å². The molecule has 0 saturated heterocycles. The van der Waals surface area contributed by atoms with E-state index in [1.807, 2.05) is 31.2 Å². The van der Waals surface area contributed by atoms with Crippen molar-refractivity contribution in [2.24, 2.45) is 0 Å². The van der Waals surface area contributed by atoms with Gasteiger partial charge in [-0.15, -0.1) is 0 Å². The molecule has 2 aromatic rings. The Morgan fingerprint density at radius 2 is 1.57 bits per heavy atom. The number of carbonyl (C=O) groups excluding carboxylic acids is 3. The largest absolute Gasteiger partial charge is 0.326 e. The number of anilines is 1. The maximum absolute atomic E-state index is 12.1. The second kappa shape index (κ2) is 9.98. The van der Waals surface area contributed by atoms with Crippen LogP contribution < -0.4 is 21.5 Å². The van der Waals surface area contributed by atoms with Gasteiger partial charge in [0.25, 0.3) is 5.91 Å². The highest BCUT2D eigenvalue weighted by Crippen LogP contribution is 2.09. The van der Waals surface area contributed by atoms with Crippen molar-refractivity contribution in [3.63, 3.8) is 0 Å². The summed E-state index contributed by atoms with van der Waals surface area (Å²) in [5, 5.41) is 5.00. The van der Waals surface area contributed by atoms with Crippen LogP contribution in [-0.4, -0.2) is 22.8 Å². The van der Waals surface area contributed by atoms with E-state index in [0.717, 1.165) is 11.1 Å². The summed E-state index contributed by atoms with van der Waals surface area (Å²) in [6, 6.07) is 14.0. The van der Waals surface area contributed by atoms with Gasteiger partial charge in [0.05, 0.1) is 0 Å². The number of amides is 3. The van der Waals surface area contributed by atoms with E-state index in [4.69, 9.17) is 12.2 Å². The van der Waals surface area contributed by atoms with Gasteiger partial charge >= 0.3 is 0 Å². The minimum atomic E-state index is -0.443. The molecule has 0 aromatic heterocycles. The molecule has 8 heteroatoms. The quantitative estimate of drug-likeness (QED) is 0.361. The summed E-state index contributed by atoms with van der Waals surface area (Å²) in [6.07, 6.45) is 3.01. The van der Waals surface area contributed by atoms with Crippen LogP contribution in [0.25, 0.3) is 6.08 Å². The molecule has 3 amide bonds. The van der Waals surface area contributed by atoms with Crippen LogP contribution in [0.2, 0.25) is 0 Å². The highest BCUT2D eigenvalue weighted by molar-refractivity contribution is 7.80. The highest BCUT2D eigenvalue weighted by atomic mass is 32.1. The van der Waals surface area contributed by atoms with Gasteiger partial charge in [0.2, 0.25) is 11.8 Å². The van der Waals surface area contributed by atoms with Crippen LogP contribution in [0.4, 0.5) is 5.69 Å². The van der Waals surface area contributed by atoms with Gasteiger partial charge in [0.15, 0.2) is 5.11 Å². The van der Waals surface area contributed by atoms with Crippen LogP contribution in [0.15, 0.2) is 54.6 Å². The third-order valence-electron chi connectivity index (χ3n) is 3.50. The van der Waals surface area contributed by atoms with Gasteiger partial charge < -0.3 is 5.32 Å². The van der Waals surface area contributed by atoms with E-state index in [0.29, 0.717) is 11.3 Å². The van der Waals surface area contributed by atoms with E-state index in [9.17, 15) is 14.4 Å². The molecule has 0 spiro atoms. The molecule has 0 aliphatic heterocycles. The zero-order valence-electron chi connectivity index (χ0n) is 15.4. The van der Waals surface area contributed by atoms with E-state index < -0.39 is 11.8 Å². The fraction of sp³-hybridized carbons (Fsp3) is 0.100. The number of benzene rings is 2. The summed E-state index contributed by atoms with van der Waals surface area (Å²) < 4.78 is 0. The average Bonchev–Trinajstić information content (AvgIpc) is 2.66. The minimum Gasteiger partial charge on any atom is -0.326 e. The van der Waals surface area contributed by atoms with Crippen LogP contribution in [0, 0.1) is 6.92 Å². The molecular weight excluding hydrogens is 376 g/mol. The lowest BCUT2D eigenvalue weighted by Crippen LogP contribution is -2.48. The Hall–Kier alpha value is -3.52. The molecular formula is C20H20N4O3S. The average molecular weight is 396 g/mol. The molecule has 0 aliphatic rings.